The Morgan fingerprint density at radius 3 is 1.21 bits per heavy atom. The molecule has 0 saturated heterocycles. The summed E-state index contributed by atoms with van der Waals surface area (Å²) in [6, 6.07) is -2.19. The summed E-state index contributed by atoms with van der Waals surface area (Å²) in [4.78, 5) is 10.9. The van der Waals surface area contributed by atoms with Gasteiger partial charge >= 0.3 is 30.1 Å². The molecule has 12 heteroatoms. The number of hydrogen-bond donors (Lipinski definition) is 1. The molecule has 2 amide bonds. The molecule has 0 fully saturated rings. The van der Waals surface area contributed by atoms with Crippen LogP contribution in [0.3, 0.4) is 0 Å². The van der Waals surface area contributed by atoms with Crippen LogP contribution in [0.25, 0.3) is 0 Å². The van der Waals surface area contributed by atoms with Crippen LogP contribution in [0.1, 0.15) is 0 Å². The summed E-state index contributed by atoms with van der Waals surface area (Å²) in [7, 11) is 1.37. The molecule has 0 aromatic rings. The van der Waals surface area contributed by atoms with Crippen LogP contribution in [0.4, 0.5) is 44.3 Å². The zero-order valence-corrected chi connectivity index (χ0v) is 9.26. The van der Waals surface area contributed by atoms with Crippen molar-refractivity contribution in [3.05, 3.63) is 0 Å². The lowest BCUT2D eigenvalue weighted by molar-refractivity contribution is -0.386. The third-order valence-electron chi connectivity index (χ3n) is 1.98. The van der Waals surface area contributed by atoms with Gasteiger partial charge in [-0.3, -0.25) is 0 Å². The van der Waals surface area contributed by atoms with E-state index in [1.807, 2.05) is 0 Å². The molecule has 0 aliphatic carbocycles. The minimum atomic E-state index is -6.81. The van der Waals surface area contributed by atoms with Gasteiger partial charge in [0.1, 0.15) is 0 Å². The Morgan fingerprint density at radius 1 is 0.789 bits per heavy atom. The maximum Gasteiger partial charge on any atom is 0.429 e. The van der Waals surface area contributed by atoms with Crippen LogP contribution >= 0.6 is 0 Å². The highest BCUT2D eigenvalue weighted by molar-refractivity contribution is 5.75. The molecule has 0 rings (SSSR count). The Kier molecular flexibility index (Phi) is 4.30. The monoisotopic (exact) mass is 306 g/mol. The maximum atomic E-state index is 12.3. The summed E-state index contributed by atoms with van der Waals surface area (Å²) in [5, 5.41) is -0.0382. The molecule has 0 aliphatic heterocycles. The predicted molar refractivity (Wildman–Crippen MR) is 43.1 cm³/mol. The molecule has 114 valence electrons. The molecule has 3 nitrogen and oxygen atoms in total. The summed E-state index contributed by atoms with van der Waals surface area (Å²) in [5.41, 5.74) is -6.33. The number of nitrogens with one attached hydrogen (secondary N) is 1. The Hall–Kier alpha value is -1.36. The number of carbonyl (C=O) groups is 1. The summed E-state index contributed by atoms with van der Waals surface area (Å²) in [6.45, 7) is 0. The Labute approximate surface area is 99.9 Å². The summed E-state index contributed by atoms with van der Waals surface area (Å²) >= 11 is 0. The number of carbonyl (C=O) groups excluding carboxylic acids is 1. The van der Waals surface area contributed by atoms with E-state index in [1.54, 1.807) is 0 Å². The van der Waals surface area contributed by atoms with E-state index in [0.717, 1.165) is 0 Å². The van der Waals surface area contributed by atoms with Crippen molar-refractivity contribution in [2.45, 2.75) is 24.1 Å². The highest BCUT2D eigenvalue weighted by Crippen LogP contribution is 2.52. The molecular formula is C7H7F9N2O. The van der Waals surface area contributed by atoms with E-state index in [-0.39, 0.29) is 10.2 Å². The average molecular weight is 306 g/mol. The molecule has 0 spiro atoms. The fourth-order valence-corrected chi connectivity index (χ4v) is 0.967. The van der Waals surface area contributed by atoms with Crippen molar-refractivity contribution in [2.75, 3.05) is 14.1 Å². The number of nitrogens with zero attached hydrogens (tertiary/aromatic N) is 1. The molecule has 0 aromatic heterocycles. The van der Waals surface area contributed by atoms with Gasteiger partial charge in [0.15, 0.2) is 0 Å². The summed E-state index contributed by atoms with van der Waals surface area (Å²) in [5.74, 6) is 0. The Morgan fingerprint density at radius 2 is 1.05 bits per heavy atom. The van der Waals surface area contributed by atoms with Gasteiger partial charge in [-0.15, -0.1) is 0 Å². The van der Waals surface area contributed by atoms with Crippen LogP contribution in [-0.4, -0.2) is 49.1 Å². The molecule has 0 unspecified atom stereocenters. The van der Waals surface area contributed by atoms with Gasteiger partial charge in [0.05, 0.1) is 0 Å². The van der Waals surface area contributed by atoms with Crippen LogP contribution in [0.15, 0.2) is 0 Å². The van der Waals surface area contributed by atoms with Crippen molar-refractivity contribution in [3.8, 4) is 0 Å². The van der Waals surface area contributed by atoms with E-state index in [1.165, 1.54) is 0 Å². The fourth-order valence-electron chi connectivity index (χ4n) is 0.967. The minimum Gasteiger partial charge on any atom is -0.331 e. The zero-order valence-electron chi connectivity index (χ0n) is 9.26. The minimum absolute atomic E-state index is 0.0382. The first-order chi connectivity index (χ1) is 8.08. The number of hydrogen-bond acceptors (Lipinski definition) is 1. The first kappa shape index (κ1) is 17.6. The number of urea groups is 1. The van der Waals surface area contributed by atoms with Crippen molar-refractivity contribution < 1.29 is 44.3 Å². The zero-order chi connectivity index (χ0) is 15.9. The maximum absolute atomic E-state index is 12.3. The van der Waals surface area contributed by atoms with E-state index in [0.29, 0.717) is 14.1 Å². The second kappa shape index (κ2) is 4.63. The van der Waals surface area contributed by atoms with Gasteiger partial charge < -0.3 is 10.2 Å². The van der Waals surface area contributed by atoms with Gasteiger partial charge in [-0.2, -0.15) is 39.5 Å². The van der Waals surface area contributed by atoms with Crippen molar-refractivity contribution >= 4 is 6.03 Å². The largest absolute Gasteiger partial charge is 0.429 e. The summed E-state index contributed by atoms with van der Waals surface area (Å²) < 4.78 is 111. The lowest BCUT2D eigenvalue weighted by Crippen LogP contribution is -2.75. The number of alkyl halides is 9. The van der Waals surface area contributed by atoms with E-state index < -0.39 is 30.1 Å². The first-order valence-electron chi connectivity index (χ1n) is 4.27. The molecule has 0 bridgehead atoms. The van der Waals surface area contributed by atoms with Crippen molar-refractivity contribution in [3.63, 3.8) is 0 Å². The smallest absolute Gasteiger partial charge is 0.331 e. The molecule has 19 heavy (non-hydrogen) atoms. The molecule has 0 heterocycles. The van der Waals surface area contributed by atoms with Gasteiger partial charge in [-0.05, 0) is 0 Å². The molecule has 1 N–H and O–H groups in total. The molecular weight excluding hydrogens is 299 g/mol. The van der Waals surface area contributed by atoms with Crippen molar-refractivity contribution in [1.82, 2.24) is 10.2 Å². The van der Waals surface area contributed by atoms with Crippen LogP contribution in [0.2, 0.25) is 0 Å². The predicted octanol–water partition coefficient (Wildman–Crippen LogP) is 2.68. The number of rotatable bonds is 1. The average Bonchev–Trinajstić information content (AvgIpc) is 2.06. The van der Waals surface area contributed by atoms with Gasteiger partial charge in [0, 0.05) is 14.1 Å². The molecule has 0 atom stereocenters. The topological polar surface area (TPSA) is 32.3 Å². The summed E-state index contributed by atoms with van der Waals surface area (Å²) in [6.07, 6.45) is -20.4. The standard InChI is InChI=1S/C7H7F9N2O/c1-18(2)3(19)17-4(5(8,9)10,6(11,12)13)7(14,15)16/h1-2H3,(H,17,19). The van der Waals surface area contributed by atoms with E-state index >= 15 is 0 Å². The van der Waals surface area contributed by atoms with E-state index in [2.05, 4.69) is 0 Å². The molecule has 0 saturated carbocycles. The van der Waals surface area contributed by atoms with Crippen molar-refractivity contribution in [2.24, 2.45) is 0 Å². The third-order valence-corrected chi connectivity index (χ3v) is 1.98. The van der Waals surface area contributed by atoms with Gasteiger partial charge in [-0.1, -0.05) is 0 Å². The number of halogens is 9. The van der Waals surface area contributed by atoms with Crippen molar-refractivity contribution in [1.29, 1.82) is 0 Å². The lowest BCUT2D eigenvalue weighted by Gasteiger charge is -2.39. The molecule has 0 aliphatic rings. The highest BCUT2D eigenvalue weighted by Gasteiger charge is 2.84. The van der Waals surface area contributed by atoms with Gasteiger partial charge in [0.2, 0.25) is 0 Å². The van der Waals surface area contributed by atoms with Crippen LogP contribution in [-0.2, 0) is 0 Å². The van der Waals surface area contributed by atoms with Crippen LogP contribution < -0.4 is 5.32 Å². The van der Waals surface area contributed by atoms with E-state index in [4.69, 9.17) is 0 Å². The van der Waals surface area contributed by atoms with Crippen LogP contribution in [0, 0.1) is 0 Å². The second-order valence-electron chi connectivity index (χ2n) is 3.57. The third kappa shape index (κ3) is 2.97. The molecule has 0 aromatic carbocycles. The quantitative estimate of drug-likeness (QED) is 0.742. The lowest BCUT2D eigenvalue weighted by atomic mass is 9.97. The Balaban J connectivity index is 6.05. The normalized spacial score (nSPS) is 14.3. The van der Waals surface area contributed by atoms with Gasteiger partial charge in [-0.25, -0.2) is 4.79 Å². The number of amides is 2. The Bertz CT molecular complexity index is 304. The second-order valence-corrected chi connectivity index (χ2v) is 3.57. The van der Waals surface area contributed by atoms with Crippen LogP contribution in [0.5, 0.6) is 0 Å². The fraction of sp³-hybridized carbons (Fsp3) is 0.857. The first-order valence-corrected chi connectivity index (χ1v) is 4.27. The highest BCUT2D eigenvalue weighted by atomic mass is 19.4. The van der Waals surface area contributed by atoms with Gasteiger partial charge in [0.25, 0.3) is 0 Å². The molecule has 0 radical (unpaired) electrons. The van der Waals surface area contributed by atoms with E-state index in [9.17, 15) is 44.3 Å². The SMILES string of the molecule is CN(C)C(=O)NC(C(F)(F)F)(C(F)(F)F)C(F)(F)F.